The van der Waals surface area contributed by atoms with Gasteiger partial charge in [-0.3, -0.25) is 0 Å². The highest BCUT2D eigenvalue weighted by molar-refractivity contribution is 6.52. The smallest absolute Gasteiger partial charge is 0.156 e. The van der Waals surface area contributed by atoms with Crippen molar-refractivity contribution < 1.29 is 4.74 Å². The van der Waals surface area contributed by atoms with Gasteiger partial charge in [-0.2, -0.15) is 0 Å². The molecule has 3 nitrogen and oxygen atoms in total. The molecule has 0 aromatic carbocycles. The first-order valence-electron chi connectivity index (χ1n) is 6.47. The average molecular weight is 232 g/mol. The van der Waals surface area contributed by atoms with Gasteiger partial charge in [0, 0.05) is 18.8 Å². The van der Waals surface area contributed by atoms with Crippen molar-refractivity contribution in [2.75, 3.05) is 18.0 Å². The fourth-order valence-corrected chi connectivity index (χ4v) is 2.49. The second-order valence-corrected chi connectivity index (χ2v) is 4.93. The second-order valence-electron chi connectivity index (χ2n) is 4.93. The predicted molar refractivity (Wildman–Crippen MR) is 73.8 cm³/mol. The van der Waals surface area contributed by atoms with E-state index in [-0.39, 0.29) is 12.2 Å². The molecule has 1 aliphatic heterocycles. The van der Waals surface area contributed by atoms with Gasteiger partial charge >= 0.3 is 0 Å². The van der Waals surface area contributed by atoms with Crippen LogP contribution < -0.4 is 10.4 Å². The summed E-state index contributed by atoms with van der Waals surface area (Å²) in [6, 6.07) is 4.33. The summed E-state index contributed by atoms with van der Waals surface area (Å²) in [5.41, 5.74) is 2.49. The van der Waals surface area contributed by atoms with Crippen LogP contribution in [0.25, 0.3) is 0 Å². The van der Waals surface area contributed by atoms with Crippen LogP contribution in [0.5, 0.6) is 0 Å². The summed E-state index contributed by atoms with van der Waals surface area (Å²) < 4.78 is 5.74. The molecule has 92 valence electrons. The fourth-order valence-electron chi connectivity index (χ4n) is 2.49. The van der Waals surface area contributed by atoms with E-state index in [0.717, 1.165) is 31.9 Å². The number of aryl methyl sites for hydroxylation is 1. The Bertz CT molecular complexity index is 387. The lowest BCUT2D eigenvalue weighted by atomic mass is 9.72. The zero-order valence-electron chi connectivity index (χ0n) is 11.2. The quantitative estimate of drug-likeness (QED) is 0.714. The van der Waals surface area contributed by atoms with Gasteiger partial charge in [-0.25, -0.2) is 4.98 Å². The zero-order valence-corrected chi connectivity index (χ0v) is 11.2. The van der Waals surface area contributed by atoms with Gasteiger partial charge in [0.15, 0.2) is 7.28 Å². The molecule has 1 aromatic heterocycles. The van der Waals surface area contributed by atoms with Crippen molar-refractivity contribution >= 4 is 18.6 Å². The Balaban J connectivity index is 2.19. The lowest BCUT2D eigenvalue weighted by Gasteiger charge is -2.36. The number of ether oxygens (including phenoxy) is 1. The van der Waals surface area contributed by atoms with E-state index < -0.39 is 0 Å². The largest absolute Gasteiger partial charge is 0.372 e. The highest BCUT2D eigenvalue weighted by Crippen LogP contribution is 2.17. The van der Waals surface area contributed by atoms with Crippen LogP contribution in [-0.2, 0) is 4.74 Å². The molecule has 0 N–H and O–H groups in total. The van der Waals surface area contributed by atoms with Crippen LogP contribution in [0.4, 0.5) is 5.82 Å². The first-order valence-corrected chi connectivity index (χ1v) is 6.47. The van der Waals surface area contributed by atoms with E-state index >= 15 is 0 Å². The molecule has 4 heteroatoms. The van der Waals surface area contributed by atoms with Crippen LogP contribution in [0, 0.1) is 6.92 Å². The van der Waals surface area contributed by atoms with Gasteiger partial charge in [-0.15, -0.1) is 0 Å². The number of pyridine rings is 1. The lowest BCUT2D eigenvalue weighted by molar-refractivity contribution is -0.00546. The van der Waals surface area contributed by atoms with E-state index in [2.05, 4.69) is 44.6 Å². The number of nitrogens with zero attached hydrogens (tertiary/aromatic N) is 2. The third-order valence-corrected chi connectivity index (χ3v) is 3.31. The van der Waals surface area contributed by atoms with Crippen LogP contribution in [-0.4, -0.2) is 37.6 Å². The summed E-state index contributed by atoms with van der Waals surface area (Å²) in [7, 11) is 1.05. The average Bonchev–Trinajstić information content (AvgIpc) is 2.27. The van der Waals surface area contributed by atoms with Gasteiger partial charge in [-0.1, -0.05) is 18.4 Å². The molecule has 1 aliphatic rings. The number of morpholine rings is 1. The first kappa shape index (κ1) is 12.4. The summed E-state index contributed by atoms with van der Waals surface area (Å²) >= 11 is 0. The summed E-state index contributed by atoms with van der Waals surface area (Å²) in [6.45, 7) is 10.4. The van der Waals surface area contributed by atoms with Gasteiger partial charge < -0.3 is 9.64 Å². The van der Waals surface area contributed by atoms with Crippen molar-refractivity contribution in [2.45, 2.75) is 39.8 Å². The van der Waals surface area contributed by atoms with Gasteiger partial charge in [-0.05, 0) is 26.8 Å². The van der Waals surface area contributed by atoms with E-state index in [1.165, 1.54) is 5.46 Å². The van der Waals surface area contributed by atoms with Crippen LogP contribution >= 0.6 is 0 Å². The van der Waals surface area contributed by atoms with Crippen molar-refractivity contribution in [1.29, 1.82) is 0 Å². The topological polar surface area (TPSA) is 25.4 Å². The third-order valence-electron chi connectivity index (χ3n) is 3.31. The molecule has 17 heavy (non-hydrogen) atoms. The molecule has 0 spiro atoms. The number of anilines is 1. The van der Waals surface area contributed by atoms with Crippen LogP contribution in [0.15, 0.2) is 12.1 Å². The highest BCUT2D eigenvalue weighted by atomic mass is 16.5. The fraction of sp³-hybridized carbons (Fsp3) is 0.615. The SMILES string of the molecule is CBc1ccc(N2CC(C)OC(C)C2)nc1C. The third kappa shape index (κ3) is 2.81. The lowest BCUT2D eigenvalue weighted by Crippen LogP contribution is -2.46. The van der Waals surface area contributed by atoms with Crippen molar-refractivity contribution in [3.05, 3.63) is 17.8 Å². The minimum atomic E-state index is 0.284. The molecule has 0 amide bonds. The minimum absolute atomic E-state index is 0.284. The van der Waals surface area contributed by atoms with Gasteiger partial charge in [0.2, 0.25) is 0 Å². The molecule has 0 saturated carbocycles. The maximum atomic E-state index is 5.74. The van der Waals surface area contributed by atoms with E-state index in [1.807, 2.05) is 0 Å². The molecule has 1 saturated heterocycles. The molecule has 0 radical (unpaired) electrons. The van der Waals surface area contributed by atoms with Crippen molar-refractivity contribution in [3.63, 3.8) is 0 Å². The molecule has 2 heterocycles. The van der Waals surface area contributed by atoms with Crippen LogP contribution in [0.1, 0.15) is 19.5 Å². The van der Waals surface area contributed by atoms with E-state index in [4.69, 9.17) is 9.72 Å². The minimum Gasteiger partial charge on any atom is -0.372 e. The Labute approximate surface area is 104 Å². The molecule has 0 aliphatic carbocycles. The molecular weight excluding hydrogens is 211 g/mol. The number of hydrogen-bond acceptors (Lipinski definition) is 3. The van der Waals surface area contributed by atoms with Crippen molar-refractivity contribution in [2.24, 2.45) is 0 Å². The molecule has 2 rings (SSSR count). The monoisotopic (exact) mass is 232 g/mol. The molecule has 1 fully saturated rings. The van der Waals surface area contributed by atoms with E-state index in [1.54, 1.807) is 0 Å². The molecule has 0 bridgehead atoms. The van der Waals surface area contributed by atoms with Gasteiger partial charge in [0.25, 0.3) is 0 Å². The summed E-state index contributed by atoms with van der Waals surface area (Å²) in [4.78, 5) is 7.03. The Morgan fingerprint density at radius 2 is 1.94 bits per heavy atom. The molecular formula is C13H21BN2O. The van der Waals surface area contributed by atoms with E-state index in [9.17, 15) is 0 Å². The molecule has 2 unspecified atom stereocenters. The Hall–Kier alpha value is -1.03. The number of rotatable bonds is 2. The maximum absolute atomic E-state index is 5.74. The molecule has 2 atom stereocenters. The number of hydrogen-bond donors (Lipinski definition) is 0. The van der Waals surface area contributed by atoms with Gasteiger partial charge in [0.1, 0.15) is 5.82 Å². The number of aromatic nitrogens is 1. The molecule has 1 aromatic rings. The van der Waals surface area contributed by atoms with Gasteiger partial charge in [0.05, 0.1) is 12.2 Å². The Morgan fingerprint density at radius 3 is 2.47 bits per heavy atom. The summed E-state index contributed by atoms with van der Waals surface area (Å²) in [5, 5.41) is 0. The van der Waals surface area contributed by atoms with E-state index in [0.29, 0.717) is 0 Å². The Morgan fingerprint density at radius 1 is 1.29 bits per heavy atom. The normalized spacial score (nSPS) is 24.8. The summed E-state index contributed by atoms with van der Waals surface area (Å²) in [6.07, 6.45) is 0.568. The van der Waals surface area contributed by atoms with Crippen molar-refractivity contribution in [1.82, 2.24) is 4.98 Å². The van der Waals surface area contributed by atoms with Crippen molar-refractivity contribution in [3.8, 4) is 0 Å². The highest BCUT2D eigenvalue weighted by Gasteiger charge is 2.23. The first-order chi connectivity index (χ1) is 8.10. The Kier molecular flexibility index (Phi) is 3.72. The standard InChI is InChI=1S/C13H21BN2O/c1-9-7-16(8-10(2)17-9)13-6-5-12(14-4)11(3)15-13/h5-6,9-10,14H,7-8H2,1-4H3. The van der Waals surface area contributed by atoms with Crippen LogP contribution in [0.3, 0.4) is 0 Å². The zero-order chi connectivity index (χ0) is 12.4. The summed E-state index contributed by atoms with van der Waals surface area (Å²) in [5.74, 6) is 1.08. The second kappa shape index (κ2) is 5.09. The van der Waals surface area contributed by atoms with Crippen LogP contribution in [0.2, 0.25) is 6.82 Å². The maximum Gasteiger partial charge on any atom is 0.156 e. The predicted octanol–water partition coefficient (Wildman–Crippen LogP) is 1.11.